The number of imidazole rings is 1. The van der Waals surface area contributed by atoms with Crippen molar-refractivity contribution < 1.29 is 14.6 Å². The van der Waals surface area contributed by atoms with Crippen LogP contribution in [0.25, 0.3) is 16.7 Å². The quantitative estimate of drug-likeness (QED) is 0.805. The van der Waals surface area contributed by atoms with Crippen molar-refractivity contribution in [2.75, 3.05) is 7.11 Å². The van der Waals surface area contributed by atoms with E-state index in [4.69, 9.17) is 21.4 Å². The molecule has 0 aliphatic carbocycles. The molecule has 0 aliphatic heterocycles. The predicted molar refractivity (Wildman–Crippen MR) is 79.6 cm³/mol. The first-order valence-corrected chi connectivity index (χ1v) is 6.52. The highest BCUT2D eigenvalue weighted by Crippen LogP contribution is 2.28. The van der Waals surface area contributed by atoms with Gasteiger partial charge in [0.1, 0.15) is 12.1 Å². The molecule has 1 heterocycles. The zero-order valence-corrected chi connectivity index (χ0v) is 11.8. The van der Waals surface area contributed by atoms with E-state index in [-0.39, 0.29) is 5.56 Å². The molecule has 1 aromatic heterocycles. The van der Waals surface area contributed by atoms with Gasteiger partial charge in [0.25, 0.3) is 0 Å². The summed E-state index contributed by atoms with van der Waals surface area (Å²) in [5, 5.41) is 9.50. The lowest BCUT2D eigenvalue weighted by molar-refractivity contribution is 0.0697. The molecule has 3 rings (SSSR count). The van der Waals surface area contributed by atoms with Crippen LogP contribution in [0.2, 0.25) is 5.02 Å². The molecule has 1 N–H and O–H groups in total. The number of methoxy groups -OCH3 is 1. The third kappa shape index (κ3) is 2.32. The molecular weight excluding hydrogens is 292 g/mol. The number of halogens is 1. The van der Waals surface area contributed by atoms with Crippen LogP contribution < -0.4 is 4.74 Å². The minimum Gasteiger partial charge on any atom is -0.495 e. The molecule has 106 valence electrons. The number of carbonyl (C=O) groups is 1. The third-order valence-electron chi connectivity index (χ3n) is 3.21. The van der Waals surface area contributed by atoms with Crippen molar-refractivity contribution in [3.63, 3.8) is 0 Å². The maximum absolute atomic E-state index is 11.0. The van der Waals surface area contributed by atoms with Gasteiger partial charge < -0.3 is 9.84 Å². The van der Waals surface area contributed by atoms with E-state index in [9.17, 15) is 4.79 Å². The van der Waals surface area contributed by atoms with Gasteiger partial charge in [-0.05, 0) is 36.4 Å². The zero-order chi connectivity index (χ0) is 15.0. The fourth-order valence-electron chi connectivity index (χ4n) is 2.16. The Morgan fingerprint density at radius 1 is 1.29 bits per heavy atom. The number of hydrogen-bond acceptors (Lipinski definition) is 3. The molecule has 0 bridgehead atoms. The average Bonchev–Trinajstić information content (AvgIpc) is 2.90. The van der Waals surface area contributed by atoms with Crippen LogP contribution in [-0.2, 0) is 0 Å². The lowest BCUT2D eigenvalue weighted by atomic mass is 10.2. The van der Waals surface area contributed by atoms with Crippen LogP contribution in [-0.4, -0.2) is 27.7 Å². The van der Waals surface area contributed by atoms with E-state index in [1.54, 1.807) is 43.8 Å². The Labute approximate surface area is 125 Å². The van der Waals surface area contributed by atoms with Gasteiger partial charge in [-0.1, -0.05) is 11.6 Å². The number of ether oxygens (including phenoxy) is 1. The first-order chi connectivity index (χ1) is 10.1. The van der Waals surface area contributed by atoms with E-state index in [2.05, 4.69) is 4.98 Å². The first-order valence-electron chi connectivity index (χ1n) is 6.14. The lowest BCUT2D eigenvalue weighted by Gasteiger charge is -2.08. The zero-order valence-electron chi connectivity index (χ0n) is 11.1. The lowest BCUT2D eigenvalue weighted by Crippen LogP contribution is -1.96. The van der Waals surface area contributed by atoms with Crippen molar-refractivity contribution in [1.29, 1.82) is 0 Å². The van der Waals surface area contributed by atoms with Gasteiger partial charge in [-0.3, -0.25) is 4.57 Å². The standard InChI is InChI=1S/C15H11ClN2O3/c1-21-14-5-3-10(7-11(14)16)18-8-17-12-6-9(15(19)20)2-4-13(12)18/h2-8H,1H3,(H,19,20). The van der Waals surface area contributed by atoms with Crippen LogP contribution >= 0.6 is 11.6 Å². The Hall–Kier alpha value is -2.53. The summed E-state index contributed by atoms with van der Waals surface area (Å²) in [6, 6.07) is 10.2. The Morgan fingerprint density at radius 3 is 2.76 bits per heavy atom. The number of carboxylic acids is 1. The molecule has 0 amide bonds. The highest BCUT2D eigenvalue weighted by Gasteiger charge is 2.10. The molecule has 2 aromatic carbocycles. The predicted octanol–water partition coefficient (Wildman–Crippen LogP) is 3.39. The number of hydrogen-bond donors (Lipinski definition) is 1. The largest absolute Gasteiger partial charge is 0.495 e. The van der Waals surface area contributed by atoms with Crippen molar-refractivity contribution in [2.24, 2.45) is 0 Å². The molecule has 0 saturated carbocycles. The molecule has 0 radical (unpaired) electrons. The minimum absolute atomic E-state index is 0.209. The highest BCUT2D eigenvalue weighted by molar-refractivity contribution is 6.32. The molecule has 3 aromatic rings. The molecular formula is C15H11ClN2O3. The second kappa shape index (κ2) is 5.10. The van der Waals surface area contributed by atoms with E-state index < -0.39 is 5.97 Å². The monoisotopic (exact) mass is 302 g/mol. The summed E-state index contributed by atoms with van der Waals surface area (Å²) in [7, 11) is 1.56. The van der Waals surface area contributed by atoms with Crippen molar-refractivity contribution >= 4 is 28.6 Å². The van der Waals surface area contributed by atoms with E-state index in [1.807, 2.05) is 10.6 Å². The number of rotatable bonds is 3. The number of carboxylic acid groups (broad SMARTS) is 1. The molecule has 0 atom stereocenters. The molecule has 0 aliphatic rings. The van der Waals surface area contributed by atoms with Crippen molar-refractivity contribution in [3.8, 4) is 11.4 Å². The van der Waals surface area contributed by atoms with Crippen molar-refractivity contribution in [1.82, 2.24) is 9.55 Å². The SMILES string of the molecule is COc1ccc(-n2cnc3cc(C(=O)O)ccc32)cc1Cl. The summed E-state index contributed by atoms with van der Waals surface area (Å²) in [6.45, 7) is 0. The second-order valence-electron chi connectivity index (χ2n) is 4.44. The van der Waals surface area contributed by atoms with Gasteiger partial charge in [-0.25, -0.2) is 9.78 Å². The Bertz CT molecular complexity index is 842. The van der Waals surface area contributed by atoms with Gasteiger partial charge in [0.2, 0.25) is 0 Å². The Balaban J connectivity index is 2.13. The molecule has 21 heavy (non-hydrogen) atoms. The number of aromatic carboxylic acids is 1. The molecule has 5 nitrogen and oxygen atoms in total. The number of fused-ring (bicyclic) bond motifs is 1. The molecule has 0 fully saturated rings. The van der Waals surface area contributed by atoms with Gasteiger partial charge in [0.05, 0.1) is 28.7 Å². The smallest absolute Gasteiger partial charge is 0.335 e. The van der Waals surface area contributed by atoms with E-state index in [0.717, 1.165) is 11.2 Å². The third-order valence-corrected chi connectivity index (χ3v) is 3.50. The average molecular weight is 303 g/mol. The maximum Gasteiger partial charge on any atom is 0.335 e. The van der Waals surface area contributed by atoms with Crippen molar-refractivity contribution in [2.45, 2.75) is 0 Å². The summed E-state index contributed by atoms with van der Waals surface area (Å²) in [4.78, 5) is 15.2. The van der Waals surface area contributed by atoms with Crippen LogP contribution in [0.4, 0.5) is 0 Å². The number of benzene rings is 2. The topological polar surface area (TPSA) is 64.4 Å². The first kappa shape index (κ1) is 13.5. The molecule has 0 unspecified atom stereocenters. The second-order valence-corrected chi connectivity index (χ2v) is 4.85. The van der Waals surface area contributed by atoms with Crippen molar-refractivity contribution in [3.05, 3.63) is 53.3 Å². The van der Waals surface area contributed by atoms with E-state index >= 15 is 0 Å². The van der Waals surface area contributed by atoms with Crippen LogP contribution in [0.15, 0.2) is 42.7 Å². The molecule has 6 heteroatoms. The normalized spacial score (nSPS) is 10.8. The van der Waals surface area contributed by atoms with E-state index in [0.29, 0.717) is 16.3 Å². The van der Waals surface area contributed by atoms with Gasteiger partial charge >= 0.3 is 5.97 Å². The number of nitrogens with zero attached hydrogens (tertiary/aromatic N) is 2. The summed E-state index contributed by atoms with van der Waals surface area (Å²) in [5.41, 5.74) is 2.45. The van der Waals surface area contributed by atoms with Gasteiger partial charge in [-0.2, -0.15) is 0 Å². The van der Waals surface area contributed by atoms with Crippen LogP contribution in [0.3, 0.4) is 0 Å². The molecule has 0 spiro atoms. The van der Waals surface area contributed by atoms with Crippen LogP contribution in [0.5, 0.6) is 5.75 Å². The Kier molecular flexibility index (Phi) is 3.27. The van der Waals surface area contributed by atoms with Gasteiger partial charge in [0, 0.05) is 5.69 Å². The number of aromatic nitrogens is 2. The van der Waals surface area contributed by atoms with Crippen LogP contribution in [0, 0.1) is 0 Å². The van der Waals surface area contributed by atoms with Crippen LogP contribution in [0.1, 0.15) is 10.4 Å². The summed E-state index contributed by atoms with van der Waals surface area (Å²) >= 11 is 6.13. The summed E-state index contributed by atoms with van der Waals surface area (Å²) in [5.74, 6) is -0.378. The Morgan fingerprint density at radius 2 is 2.10 bits per heavy atom. The maximum atomic E-state index is 11.0. The highest BCUT2D eigenvalue weighted by atomic mass is 35.5. The fraction of sp³-hybridized carbons (Fsp3) is 0.0667. The summed E-state index contributed by atoms with van der Waals surface area (Å²) in [6.07, 6.45) is 1.63. The minimum atomic E-state index is -0.973. The molecule has 0 saturated heterocycles. The fourth-order valence-corrected chi connectivity index (χ4v) is 2.41. The van der Waals surface area contributed by atoms with E-state index in [1.165, 1.54) is 0 Å². The summed E-state index contributed by atoms with van der Waals surface area (Å²) < 4.78 is 6.96. The van der Waals surface area contributed by atoms with Gasteiger partial charge in [-0.15, -0.1) is 0 Å². The van der Waals surface area contributed by atoms with Gasteiger partial charge in [0.15, 0.2) is 0 Å².